The molecule has 0 N–H and O–H groups in total. The van der Waals surface area contributed by atoms with E-state index in [2.05, 4.69) is 122 Å². The highest BCUT2D eigenvalue weighted by atomic mass is 32.2. The van der Waals surface area contributed by atoms with Gasteiger partial charge in [0.25, 0.3) is 10.1 Å². The van der Waals surface area contributed by atoms with Gasteiger partial charge >= 0.3 is 0 Å². The van der Waals surface area contributed by atoms with E-state index >= 15 is 0 Å². The molecule has 256 valence electrons. The Morgan fingerprint density at radius 2 is 1.42 bits per heavy atom. The zero-order chi connectivity index (χ0) is 34.9. The van der Waals surface area contributed by atoms with Crippen molar-refractivity contribution in [3.05, 3.63) is 83.9 Å². The van der Waals surface area contributed by atoms with Crippen molar-refractivity contribution in [3.63, 3.8) is 0 Å². The average Bonchev–Trinajstić information content (AvgIpc) is 3.39. The lowest BCUT2D eigenvalue weighted by Crippen LogP contribution is -2.27. The molecule has 3 heterocycles. The molecule has 3 aliphatic heterocycles. The summed E-state index contributed by atoms with van der Waals surface area (Å²) in [6, 6.07) is 25.5. The number of hydrogen-bond donors (Lipinski definition) is 0. The summed E-state index contributed by atoms with van der Waals surface area (Å²) in [6.45, 7) is 14.3. The zero-order valence-corrected chi connectivity index (χ0v) is 30.4. The first-order valence-corrected chi connectivity index (χ1v) is 19.7. The van der Waals surface area contributed by atoms with Gasteiger partial charge in [-0.1, -0.05) is 68.4 Å². The number of fused-ring (bicyclic) bond motifs is 6. The van der Waals surface area contributed by atoms with Crippen LogP contribution in [-0.4, -0.2) is 62.0 Å². The smallest absolute Gasteiger partial charge is 0.267 e. The number of aliphatic imine (C=N–C) groups is 1. The summed E-state index contributed by atoms with van der Waals surface area (Å²) in [6.07, 6.45) is 2.71. The predicted octanol–water partition coefficient (Wildman–Crippen LogP) is 7.91. The van der Waals surface area contributed by atoms with Crippen molar-refractivity contribution in [2.75, 3.05) is 24.7 Å². The molecule has 0 amide bonds. The molecule has 0 radical (unpaired) electrons. The van der Waals surface area contributed by atoms with Gasteiger partial charge in [-0.15, -0.1) is 0 Å². The first-order chi connectivity index (χ1) is 22.5. The highest BCUT2D eigenvalue weighted by Crippen LogP contribution is 2.45. The minimum atomic E-state index is -4.12. The van der Waals surface area contributed by atoms with Crippen LogP contribution in [0.15, 0.2) is 77.8 Å². The van der Waals surface area contributed by atoms with Gasteiger partial charge in [0.2, 0.25) is 5.69 Å². The molecule has 4 aromatic carbocycles. The molecule has 7 rings (SSSR count). The maximum Gasteiger partial charge on any atom is 0.267 e. The third-order valence-electron chi connectivity index (χ3n) is 9.93. The number of hydrogen-bond acceptors (Lipinski definition) is 7. The lowest BCUT2D eigenvalue weighted by atomic mass is 9.80. The van der Waals surface area contributed by atoms with Crippen LogP contribution in [0.5, 0.6) is 0 Å². The summed E-state index contributed by atoms with van der Waals surface area (Å²) in [4.78, 5) is 4.67. The van der Waals surface area contributed by atoms with Gasteiger partial charge in [0.1, 0.15) is 6.54 Å². The van der Waals surface area contributed by atoms with Crippen molar-refractivity contribution in [3.8, 4) is 0 Å². The molecule has 8 nitrogen and oxygen atoms in total. The van der Waals surface area contributed by atoms with Gasteiger partial charge in [-0.3, -0.25) is 9.18 Å². The first-order valence-electron chi connectivity index (χ1n) is 16.6. The Balaban J connectivity index is 0.000000160. The summed E-state index contributed by atoms with van der Waals surface area (Å²) < 4.78 is 59.9. The fraction of sp³-hybridized carbons (Fsp3) is 0.421. The van der Waals surface area contributed by atoms with Crippen LogP contribution in [0.25, 0.3) is 21.5 Å². The Morgan fingerprint density at radius 1 is 0.812 bits per heavy atom. The van der Waals surface area contributed by atoms with Crippen molar-refractivity contribution in [2.45, 2.75) is 78.1 Å². The minimum absolute atomic E-state index is 0.0657. The molecule has 0 bridgehead atoms. The highest BCUT2D eigenvalue weighted by Gasteiger charge is 2.44. The number of rotatable bonds is 5. The van der Waals surface area contributed by atoms with Gasteiger partial charge in [0.15, 0.2) is 5.71 Å². The quantitative estimate of drug-likeness (QED) is 0.0910. The van der Waals surface area contributed by atoms with Crippen LogP contribution < -0.4 is 0 Å². The molecule has 1 saturated heterocycles. The monoisotopic (exact) mass is 690 g/mol. The molecule has 0 aromatic heterocycles. The van der Waals surface area contributed by atoms with E-state index < -0.39 is 20.2 Å². The SMILES string of the molecule is CC1=Nc2ccc3ccccc3c2C1(C)C.CC1=[N+](CCCCS(=O)(=O)[O-])c2ccc3ccccc3c2C1(C)C.O=S1(=O)CCCCO1. The Kier molecular flexibility index (Phi) is 10.3. The second kappa shape index (κ2) is 13.8. The van der Waals surface area contributed by atoms with Gasteiger partial charge in [-0.05, 0) is 79.3 Å². The van der Waals surface area contributed by atoms with Crippen molar-refractivity contribution in [1.29, 1.82) is 0 Å². The molecule has 0 aliphatic carbocycles. The summed E-state index contributed by atoms with van der Waals surface area (Å²) in [7, 11) is -7.20. The molecule has 4 aromatic rings. The molecule has 1 fully saturated rings. The van der Waals surface area contributed by atoms with Crippen molar-refractivity contribution >= 4 is 64.6 Å². The molecule has 48 heavy (non-hydrogen) atoms. The Bertz CT molecular complexity index is 2120. The van der Waals surface area contributed by atoms with E-state index in [-0.39, 0.29) is 22.3 Å². The lowest BCUT2D eigenvalue weighted by molar-refractivity contribution is -0.439. The summed E-state index contributed by atoms with van der Waals surface area (Å²) in [5, 5.41) is 5.14. The first kappa shape index (κ1) is 35.9. The predicted molar refractivity (Wildman–Crippen MR) is 195 cm³/mol. The molecule has 0 spiro atoms. The maximum atomic E-state index is 10.8. The van der Waals surface area contributed by atoms with E-state index in [0.717, 1.165) is 25.1 Å². The van der Waals surface area contributed by atoms with Gasteiger partial charge < -0.3 is 4.55 Å². The van der Waals surface area contributed by atoms with Crippen LogP contribution in [0, 0.1) is 0 Å². The molecule has 0 saturated carbocycles. The van der Waals surface area contributed by atoms with E-state index in [0.29, 0.717) is 19.4 Å². The van der Waals surface area contributed by atoms with Crippen LogP contribution in [-0.2, 0) is 35.2 Å². The number of benzene rings is 4. The van der Waals surface area contributed by atoms with E-state index in [9.17, 15) is 21.4 Å². The maximum absolute atomic E-state index is 10.8. The summed E-state index contributed by atoms with van der Waals surface area (Å²) in [5.41, 5.74) is 7.51. The van der Waals surface area contributed by atoms with E-state index in [1.54, 1.807) is 0 Å². The van der Waals surface area contributed by atoms with Crippen LogP contribution >= 0.6 is 0 Å². The largest absolute Gasteiger partial charge is 0.748 e. The molecule has 3 aliphatic rings. The molecular formula is C38H46N2O6S2. The molecule has 0 unspecified atom stereocenters. The molecule has 10 heteroatoms. The standard InChI is InChI=1S/C19H23NO3S.C15H15N.C4H8O3S/c1-14-19(2,3)18-16-9-5-4-8-15(16)10-11-17(18)20(14)12-6-7-13-24(21,22)23;1-10-15(2,3)14-12-7-5-4-6-11(12)8-9-13(14)16-10;5-8(6)4-2-1-3-7-8/h4-5,8-11H,6-7,12-13H2,1-3H3;4-9H,1-3H3;1-4H2. The van der Waals surface area contributed by atoms with Crippen LogP contribution in [0.3, 0.4) is 0 Å². The van der Waals surface area contributed by atoms with Crippen molar-refractivity contribution in [2.24, 2.45) is 4.99 Å². The Hall–Kier alpha value is -3.44. The zero-order valence-electron chi connectivity index (χ0n) is 28.7. The number of nitrogens with zero attached hydrogens (tertiary/aromatic N) is 2. The van der Waals surface area contributed by atoms with Crippen LogP contribution in [0.4, 0.5) is 11.4 Å². The minimum Gasteiger partial charge on any atom is -0.748 e. The third-order valence-corrected chi connectivity index (χ3v) is 12.0. The van der Waals surface area contributed by atoms with Gasteiger partial charge in [0.05, 0.1) is 33.6 Å². The fourth-order valence-electron chi connectivity index (χ4n) is 6.81. The van der Waals surface area contributed by atoms with Crippen LogP contribution in [0.2, 0.25) is 0 Å². The topological polar surface area (TPSA) is 116 Å². The van der Waals surface area contributed by atoms with Gasteiger partial charge in [0, 0.05) is 41.9 Å². The summed E-state index contributed by atoms with van der Waals surface area (Å²) in [5.74, 6) is -0.0825. The van der Waals surface area contributed by atoms with E-state index in [4.69, 9.17) is 0 Å². The van der Waals surface area contributed by atoms with Crippen molar-refractivity contribution in [1.82, 2.24) is 0 Å². The highest BCUT2D eigenvalue weighted by molar-refractivity contribution is 7.86. The second-order valence-electron chi connectivity index (χ2n) is 13.8. The lowest BCUT2D eigenvalue weighted by Gasteiger charge is -2.21. The van der Waals surface area contributed by atoms with Gasteiger partial charge in [-0.25, -0.2) is 8.42 Å². The van der Waals surface area contributed by atoms with Crippen LogP contribution in [0.1, 0.15) is 78.4 Å². The van der Waals surface area contributed by atoms with Crippen molar-refractivity contribution < 1.29 is 30.1 Å². The molecular weight excluding hydrogens is 645 g/mol. The second-order valence-corrected chi connectivity index (χ2v) is 17.1. The summed E-state index contributed by atoms with van der Waals surface area (Å²) >= 11 is 0. The van der Waals surface area contributed by atoms with E-state index in [1.807, 2.05) is 6.07 Å². The Labute approximate surface area is 285 Å². The molecule has 0 atom stereocenters. The van der Waals surface area contributed by atoms with Gasteiger partial charge in [-0.2, -0.15) is 13.0 Å². The average molecular weight is 691 g/mol. The van der Waals surface area contributed by atoms with E-state index in [1.165, 1.54) is 49.8 Å². The fourth-order valence-corrected chi connectivity index (χ4v) is 8.42. The Morgan fingerprint density at radius 3 is 1.98 bits per heavy atom. The normalized spacial score (nSPS) is 18.7. The third kappa shape index (κ3) is 7.57. The number of unbranched alkanes of at least 4 members (excludes halogenated alkanes) is 1.